The molecule has 1 aromatic heterocycles. The Bertz CT molecular complexity index is 938. The number of pyridine rings is 1. The number of aromatic nitrogens is 1. The maximum Gasteiger partial charge on any atom is 0.271 e. The van der Waals surface area contributed by atoms with Crippen LogP contribution in [0, 0.1) is 6.92 Å². The van der Waals surface area contributed by atoms with E-state index < -0.39 is 0 Å². The number of rotatable bonds is 6. The first kappa shape index (κ1) is 18.1. The number of para-hydroxylation sites is 2. The lowest BCUT2D eigenvalue weighted by Gasteiger charge is -2.11. The van der Waals surface area contributed by atoms with Crippen molar-refractivity contribution in [3.8, 4) is 11.5 Å². The molecule has 0 saturated carbocycles. The lowest BCUT2D eigenvalue weighted by atomic mass is 10.1. The molecular formula is C21H19N3O3. The lowest BCUT2D eigenvalue weighted by Crippen LogP contribution is -2.23. The second kappa shape index (κ2) is 8.62. The molecule has 0 saturated heterocycles. The molecule has 0 aliphatic carbocycles. The molecule has 0 bridgehead atoms. The van der Waals surface area contributed by atoms with Crippen LogP contribution in [0.15, 0.2) is 78.2 Å². The van der Waals surface area contributed by atoms with Crippen molar-refractivity contribution in [3.63, 3.8) is 0 Å². The van der Waals surface area contributed by atoms with E-state index in [4.69, 9.17) is 4.74 Å². The molecule has 27 heavy (non-hydrogen) atoms. The number of benzene rings is 2. The van der Waals surface area contributed by atoms with Gasteiger partial charge in [0.2, 0.25) is 0 Å². The molecule has 0 unspecified atom stereocenters. The zero-order valence-corrected chi connectivity index (χ0v) is 14.8. The maximum absolute atomic E-state index is 12.2. The van der Waals surface area contributed by atoms with Crippen LogP contribution in [0.4, 0.5) is 0 Å². The molecule has 3 aromatic rings. The number of nitrogens with one attached hydrogen (secondary N) is 1. The lowest BCUT2D eigenvalue weighted by molar-refractivity contribution is 0.0954. The summed E-state index contributed by atoms with van der Waals surface area (Å²) in [6, 6.07) is 17.6. The van der Waals surface area contributed by atoms with Crippen molar-refractivity contribution >= 4 is 11.6 Å². The Labute approximate surface area is 157 Å². The fraction of sp³-hybridized carbons (Fsp3) is 0.0952. The molecule has 0 fully saturated rings. The van der Waals surface area contributed by atoms with Crippen molar-refractivity contribution in [2.45, 2.75) is 6.92 Å². The number of aryl methyl sites for hydroxylation is 1. The Morgan fingerprint density at radius 1 is 1.04 bits per heavy atom. The van der Waals surface area contributed by atoms with Crippen LogP contribution >= 0.6 is 0 Å². The molecule has 6 heteroatoms. The highest BCUT2D eigenvalue weighted by Gasteiger charge is 2.10. The van der Waals surface area contributed by atoms with Crippen molar-refractivity contribution in [2.75, 3.05) is 6.61 Å². The van der Waals surface area contributed by atoms with E-state index in [0.29, 0.717) is 17.0 Å². The second-order valence-electron chi connectivity index (χ2n) is 5.86. The number of carbonyl (C=O) groups is 1. The first-order valence-electron chi connectivity index (χ1n) is 8.38. The zero-order valence-electron chi connectivity index (χ0n) is 14.8. The van der Waals surface area contributed by atoms with Gasteiger partial charge in [0.15, 0.2) is 11.5 Å². The minimum absolute atomic E-state index is 0.0431. The summed E-state index contributed by atoms with van der Waals surface area (Å²) in [5.41, 5.74) is 5.45. The van der Waals surface area contributed by atoms with E-state index in [1.165, 1.54) is 0 Å². The van der Waals surface area contributed by atoms with Gasteiger partial charge in [0.05, 0.1) is 0 Å². The third-order valence-electron chi connectivity index (χ3n) is 3.85. The predicted octanol–water partition coefficient (Wildman–Crippen LogP) is 3.31. The number of hydrogen-bond acceptors (Lipinski definition) is 5. The third-order valence-corrected chi connectivity index (χ3v) is 3.85. The summed E-state index contributed by atoms with van der Waals surface area (Å²) in [5, 5.41) is 14.1. The van der Waals surface area contributed by atoms with Crippen molar-refractivity contribution in [3.05, 3.63) is 89.7 Å². The predicted molar refractivity (Wildman–Crippen MR) is 103 cm³/mol. The minimum atomic E-state index is -0.343. The van der Waals surface area contributed by atoms with Gasteiger partial charge in [0.1, 0.15) is 12.3 Å². The van der Waals surface area contributed by atoms with Crippen molar-refractivity contribution in [1.82, 2.24) is 10.4 Å². The molecule has 136 valence electrons. The van der Waals surface area contributed by atoms with Gasteiger partial charge < -0.3 is 9.84 Å². The van der Waals surface area contributed by atoms with E-state index in [-0.39, 0.29) is 18.3 Å². The molecule has 1 amide bonds. The summed E-state index contributed by atoms with van der Waals surface area (Å²) in [6.45, 7) is 2.07. The van der Waals surface area contributed by atoms with Gasteiger partial charge in [0, 0.05) is 23.5 Å². The van der Waals surface area contributed by atoms with Crippen LogP contribution < -0.4 is 10.2 Å². The number of amides is 1. The summed E-state index contributed by atoms with van der Waals surface area (Å²) in [4.78, 5) is 16.1. The molecule has 2 N–H and O–H groups in total. The van der Waals surface area contributed by atoms with Crippen LogP contribution in [-0.4, -0.2) is 28.3 Å². The molecular weight excluding hydrogens is 342 g/mol. The fourth-order valence-corrected chi connectivity index (χ4v) is 2.34. The van der Waals surface area contributed by atoms with Crippen LogP contribution in [-0.2, 0) is 0 Å². The smallest absolute Gasteiger partial charge is 0.271 e. The van der Waals surface area contributed by atoms with Gasteiger partial charge in [-0.25, -0.2) is 5.43 Å². The number of hydrogen-bond donors (Lipinski definition) is 2. The van der Waals surface area contributed by atoms with Gasteiger partial charge in [-0.3, -0.25) is 9.78 Å². The highest BCUT2D eigenvalue weighted by molar-refractivity contribution is 6.03. The van der Waals surface area contributed by atoms with Crippen LogP contribution in [0.1, 0.15) is 21.5 Å². The van der Waals surface area contributed by atoms with Crippen LogP contribution in [0.5, 0.6) is 11.5 Å². The molecule has 1 heterocycles. The summed E-state index contributed by atoms with van der Waals surface area (Å²) in [6.07, 6.45) is 3.08. The van der Waals surface area contributed by atoms with Gasteiger partial charge in [-0.05, 0) is 31.2 Å². The third kappa shape index (κ3) is 4.92. The number of ether oxygens (including phenoxy) is 1. The number of phenolic OH excluding ortho intramolecular Hbond substituents is 1. The largest absolute Gasteiger partial charge is 0.504 e. The molecule has 0 aliphatic heterocycles. The van der Waals surface area contributed by atoms with E-state index in [0.717, 1.165) is 11.1 Å². The number of aromatic hydroxyl groups is 1. The number of hydrazone groups is 1. The molecule has 2 aromatic carbocycles. The average Bonchev–Trinajstić information content (AvgIpc) is 2.70. The zero-order chi connectivity index (χ0) is 19.1. The van der Waals surface area contributed by atoms with Crippen LogP contribution in [0.3, 0.4) is 0 Å². The van der Waals surface area contributed by atoms with E-state index >= 15 is 0 Å². The normalized spacial score (nSPS) is 11.1. The first-order valence-corrected chi connectivity index (χ1v) is 8.38. The van der Waals surface area contributed by atoms with Gasteiger partial charge in [0.25, 0.3) is 5.91 Å². The van der Waals surface area contributed by atoms with Gasteiger partial charge in [-0.15, -0.1) is 0 Å². The summed E-state index contributed by atoms with van der Waals surface area (Å²) >= 11 is 0. The van der Waals surface area contributed by atoms with Crippen LogP contribution in [0.2, 0.25) is 0 Å². The maximum atomic E-state index is 12.2. The molecule has 0 spiro atoms. The van der Waals surface area contributed by atoms with Crippen molar-refractivity contribution < 1.29 is 14.6 Å². The van der Waals surface area contributed by atoms with Gasteiger partial charge >= 0.3 is 0 Å². The Hall–Kier alpha value is -3.67. The average molecular weight is 361 g/mol. The van der Waals surface area contributed by atoms with E-state index in [2.05, 4.69) is 15.5 Å². The van der Waals surface area contributed by atoms with Crippen LogP contribution in [0.25, 0.3) is 0 Å². The molecule has 0 radical (unpaired) electrons. The second-order valence-corrected chi connectivity index (χ2v) is 5.86. The molecule has 0 atom stereocenters. The summed E-state index contributed by atoms with van der Waals surface area (Å²) < 4.78 is 5.68. The molecule has 6 nitrogen and oxygen atoms in total. The minimum Gasteiger partial charge on any atom is -0.504 e. The summed E-state index contributed by atoms with van der Waals surface area (Å²) in [7, 11) is 0. The number of phenols is 1. The Morgan fingerprint density at radius 2 is 1.74 bits per heavy atom. The van der Waals surface area contributed by atoms with Crippen molar-refractivity contribution in [2.24, 2.45) is 5.10 Å². The van der Waals surface area contributed by atoms with Gasteiger partial charge in [-0.2, -0.15) is 5.10 Å². The van der Waals surface area contributed by atoms with E-state index in [1.807, 2.05) is 31.2 Å². The number of carbonyl (C=O) groups excluding carboxylic acids is 1. The summed E-state index contributed by atoms with van der Waals surface area (Å²) in [5.74, 6) is 0.0453. The van der Waals surface area contributed by atoms with Crippen molar-refractivity contribution in [1.29, 1.82) is 0 Å². The van der Waals surface area contributed by atoms with Gasteiger partial charge in [-0.1, -0.05) is 42.0 Å². The van der Waals surface area contributed by atoms with E-state index in [9.17, 15) is 9.90 Å². The fourth-order valence-electron chi connectivity index (χ4n) is 2.34. The quantitative estimate of drug-likeness (QED) is 0.521. The monoisotopic (exact) mass is 361 g/mol. The highest BCUT2D eigenvalue weighted by Crippen LogP contribution is 2.24. The molecule has 0 aliphatic rings. The topological polar surface area (TPSA) is 83.8 Å². The Kier molecular flexibility index (Phi) is 5.79. The number of nitrogens with zero attached hydrogens (tertiary/aromatic N) is 2. The standard InChI is InChI=1S/C21H19N3O3/c1-15-6-8-16(9-7-15)18(14-27-20-5-3-2-4-19(20)25)23-24-21(26)17-10-12-22-13-11-17/h2-13,25H,14H2,1H3,(H,24,26). The molecule has 3 rings (SSSR count). The van der Waals surface area contributed by atoms with E-state index in [1.54, 1.807) is 48.8 Å². The highest BCUT2D eigenvalue weighted by atomic mass is 16.5. The Morgan fingerprint density at radius 3 is 2.44 bits per heavy atom. The first-order chi connectivity index (χ1) is 13.1. The SMILES string of the molecule is Cc1ccc(C(COc2ccccc2O)=NNC(=O)c2ccncc2)cc1. The Balaban J connectivity index is 1.80.